The fourth-order valence-electron chi connectivity index (χ4n) is 2.01. The average molecular weight is 272 g/mol. The summed E-state index contributed by atoms with van der Waals surface area (Å²) in [6.45, 7) is 1.76. The Morgan fingerprint density at radius 2 is 2.05 bits per heavy atom. The van der Waals surface area contributed by atoms with Crippen LogP contribution in [0.15, 0.2) is 34.4 Å². The molecule has 3 rings (SSSR count). The Morgan fingerprint density at radius 3 is 2.74 bits per heavy atom. The first-order valence-corrected chi connectivity index (χ1v) is 6.75. The monoisotopic (exact) mass is 272 g/mol. The normalized spacial score (nSPS) is 11.1. The van der Waals surface area contributed by atoms with Crippen LogP contribution in [0.5, 0.6) is 0 Å². The minimum Gasteiger partial charge on any atom is -0.388 e. The number of fused-ring (bicyclic) bond motifs is 1. The van der Waals surface area contributed by atoms with Gasteiger partial charge in [-0.15, -0.1) is 11.3 Å². The Morgan fingerprint density at radius 1 is 1.32 bits per heavy atom. The molecular weight excluding hydrogens is 260 g/mol. The van der Waals surface area contributed by atoms with Crippen LogP contribution in [-0.2, 0) is 6.61 Å². The van der Waals surface area contributed by atoms with Crippen molar-refractivity contribution in [2.24, 2.45) is 0 Å². The van der Waals surface area contributed by atoms with Crippen molar-refractivity contribution in [1.82, 2.24) is 9.97 Å². The van der Waals surface area contributed by atoms with Crippen LogP contribution >= 0.6 is 11.3 Å². The van der Waals surface area contributed by atoms with E-state index in [4.69, 9.17) is 5.11 Å². The number of aromatic amines is 1. The molecule has 19 heavy (non-hydrogen) atoms. The van der Waals surface area contributed by atoms with E-state index < -0.39 is 0 Å². The van der Waals surface area contributed by atoms with Crippen molar-refractivity contribution in [2.45, 2.75) is 13.5 Å². The predicted octanol–water partition coefficient (Wildman–Crippen LogP) is 2.45. The van der Waals surface area contributed by atoms with Crippen molar-refractivity contribution in [3.05, 3.63) is 51.4 Å². The zero-order valence-electron chi connectivity index (χ0n) is 10.3. The number of rotatable bonds is 2. The first-order chi connectivity index (χ1) is 9.19. The van der Waals surface area contributed by atoms with Gasteiger partial charge >= 0.3 is 0 Å². The van der Waals surface area contributed by atoms with Gasteiger partial charge in [0.05, 0.1) is 5.39 Å². The molecular formula is C14H12N2O2S. The van der Waals surface area contributed by atoms with E-state index in [-0.39, 0.29) is 12.2 Å². The SMILES string of the molecule is Cc1ccc(-c2csc3nc(CO)[nH]c(=O)c23)cc1. The fourth-order valence-corrected chi connectivity index (χ4v) is 2.98. The van der Waals surface area contributed by atoms with E-state index in [1.54, 1.807) is 0 Å². The molecule has 3 aromatic rings. The van der Waals surface area contributed by atoms with Gasteiger partial charge in [-0.05, 0) is 12.5 Å². The van der Waals surface area contributed by atoms with Gasteiger partial charge < -0.3 is 10.1 Å². The van der Waals surface area contributed by atoms with Gasteiger partial charge in [0.25, 0.3) is 5.56 Å². The van der Waals surface area contributed by atoms with Gasteiger partial charge in [0, 0.05) is 10.9 Å². The number of aliphatic hydroxyl groups excluding tert-OH is 1. The molecule has 0 aliphatic heterocycles. The number of hydrogen-bond acceptors (Lipinski definition) is 4. The smallest absolute Gasteiger partial charge is 0.260 e. The summed E-state index contributed by atoms with van der Waals surface area (Å²) in [5, 5.41) is 11.6. The number of hydrogen-bond donors (Lipinski definition) is 2. The van der Waals surface area contributed by atoms with Crippen molar-refractivity contribution in [3.8, 4) is 11.1 Å². The van der Waals surface area contributed by atoms with Gasteiger partial charge in [0.15, 0.2) is 0 Å². The Kier molecular flexibility index (Phi) is 2.93. The molecule has 4 nitrogen and oxygen atoms in total. The average Bonchev–Trinajstić information content (AvgIpc) is 2.84. The Hall–Kier alpha value is -1.98. The predicted molar refractivity (Wildman–Crippen MR) is 76.3 cm³/mol. The Balaban J connectivity index is 2.26. The summed E-state index contributed by atoms with van der Waals surface area (Å²) in [5.74, 6) is 0.301. The molecule has 96 valence electrons. The highest BCUT2D eigenvalue weighted by Crippen LogP contribution is 2.30. The fraction of sp³-hybridized carbons (Fsp3) is 0.143. The number of benzene rings is 1. The second kappa shape index (κ2) is 4.60. The van der Waals surface area contributed by atoms with Crippen LogP contribution in [0, 0.1) is 6.92 Å². The summed E-state index contributed by atoms with van der Waals surface area (Å²) < 4.78 is 0. The summed E-state index contributed by atoms with van der Waals surface area (Å²) in [5.41, 5.74) is 2.86. The molecule has 0 aliphatic rings. The zero-order valence-corrected chi connectivity index (χ0v) is 11.1. The van der Waals surface area contributed by atoms with Crippen LogP contribution in [0.25, 0.3) is 21.3 Å². The molecule has 1 aromatic carbocycles. The lowest BCUT2D eigenvalue weighted by atomic mass is 10.1. The Labute approximate surface area is 113 Å². The van der Waals surface area contributed by atoms with E-state index >= 15 is 0 Å². The maximum atomic E-state index is 12.1. The van der Waals surface area contributed by atoms with E-state index in [0.717, 1.165) is 11.1 Å². The number of aliphatic hydroxyl groups is 1. The second-order valence-corrected chi connectivity index (χ2v) is 5.22. The first kappa shape index (κ1) is 12.1. The van der Waals surface area contributed by atoms with Gasteiger partial charge in [-0.2, -0.15) is 0 Å². The third-order valence-corrected chi connectivity index (χ3v) is 3.88. The lowest BCUT2D eigenvalue weighted by molar-refractivity contribution is 0.271. The van der Waals surface area contributed by atoms with Crippen molar-refractivity contribution >= 4 is 21.6 Å². The van der Waals surface area contributed by atoms with Gasteiger partial charge in [-0.3, -0.25) is 4.79 Å². The van der Waals surface area contributed by atoms with E-state index in [1.165, 1.54) is 16.9 Å². The molecule has 2 N–H and O–H groups in total. The molecule has 0 saturated heterocycles. The number of aryl methyl sites for hydroxylation is 1. The van der Waals surface area contributed by atoms with Crippen molar-refractivity contribution in [3.63, 3.8) is 0 Å². The van der Waals surface area contributed by atoms with Gasteiger partial charge in [-0.1, -0.05) is 29.8 Å². The van der Waals surface area contributed by atoms with Crippen molar-refractivity contribution < 1.29 is 5.11 Å². The van der Waals surface area contributed by atoms with Crippen LogP contribution in [0.3, 0.4) is 0 Å². The first-order valence-electron chi connectivity index (χ1n) is 5.87. The lowest BCUT2D eigenvalue weighted by Crippen LogP contribution is -2.11. The molecule has 5 heteroatoms. The lowest BCUT2D eigenvalue weighted by Gasteiger charge is -2.01. The summed E-state index contributed by atoms with van der Waals surface area (Å²) in [4.78, 5) is 19.6. The van der Waals surface area contributed by atoms with Crippen LogP contribution < -0.4 is 5.56 Å². The maximum Gasteiger partial charge on any atom is 0.260 e. The van der Waals surface area contributed by atoms with Crippen LogP contribution in [0.2, 0.25) is 0 Å². The van der Waals surface area contributed by atoms with Gasteiger partial charge in [0.1, 0.15) is 17.3 Å². The molecule has 2 heterocycles. The van der Waals surface area contributed by atoms with Crippen LogP contribution in [0.4, 0.5) is 0 Å². The summed E-state index contributed by atoms with van der Waals surface area (Å²) in [6.07, 6.45) is 0. The van der Waals surface area contributed by atoms with E-state index in [2.05, 4.69) is 9.97 Å². The standard InChI is InChI=1S/C14H12N2O2S/c1-8-2-4-9(5-3-8)10-7-19-14-12(10)13(18)15-11(6-17)16-14/h2-5,7,17H,6H2,1H3,(H,15,16,18). The van der Waals surface area contributed by atoms with Crippen molar-refractivity contribution in [1.29, 1.82) is 0 Å². The number of nitrogens with zero attached hydrogens (tertiary/aromatic N) is 1. The summed E-state index contributed by atoms with van der Waals surface area (Å²) in [7, 11) is 0. The van der Waals surface area contributed by atoms with Gasteiger partial charge in [0.2, 0.25) is 0 Å². The second-order valence-electron chi connectivity index (χ2n) is 4.37. The van der Waals surface area contributed by atoms with Crippen molar-refractivity contribution in [2.75, 3.05) is 0 Å². The molecule has 2 aromatic heterocycles. The minimum absolute atomic E-state index is 0.203. The number of aromatic nitrogens is 2. The molecule has 0 saturated carbocycles. The quantitative estimate of drug-likeness (QED) is 0.753. The van der Waals surface area contributed by atoms with Crippen LogP contribution in [0.1, 0.15) is 11.4 Å². The molecule has 0 amide bonds. The summed E-state index contributed by atoms with van der Waals surface area (Å²) >= 11 is 1.41. The molecule has 0 spiro atoms. The van der Waals surface area contributed by atoms with E-state index in [0.29, 0.717) is 16.0 Å². The molecule has 0 aliphatic carbocycles. The third kappa shape index (κ3) is 2.07. The molecule has 0 fully saturated rings. The number of nitrogens with one attached hydrogen (secondary N) is 1. The topological polar surface area (TPSA) is 66.0 Å². The highest BCUT2D eigenvalue weighted by atomic mass is 32.1. The molecule has 0 radical (unpaired) electrons. The highest BCUT2D eigenvalue weighted by Gasteiger charge is 2.12. The molecule has 0 bridgehead atoms. The zero-order chi connectivity index (χ0) is 13.4. The van der Waals surface area contributed by atoms with E-state index in [1.807, 2.05) is 36.6 Å². The molecule has 0 unspecified atom stereocenters. The Bertz CT molecular complexity index is 787. The minimum atomic E-state index is -0.261. The van der Waals surface area contributed by atoms with Crippen LogP contribution in [-0.4, -0.2) is 15.1 Å². The number of H-pyrrole nitrogens is 1. The molecule has 0 atom stereocenters. The maximum absolute atomic E-state index is 12.1. The summed E-state index contributed by atoms with van der Waals surface area (Å²) in [6, 6.07) is 8.03. The third-order valence-electron chi connectivity index (χ3n) is 3.01. The highest BCUT2D eigenvalue weighted by molar-refractivity contribution is 7.17. The van der Waals surface area contributed by atoms with Gasteiger partial charge in [-0.25, -0.2) is 4.98 Å². The largest absolute Gasteiger partial charge is 0.388 e. The van der Waals surface area contributed by atoms with E-state index in [9.17, 15) is 4.79 Å². The number of thiophene rings is 1.